The lowest BCUT2D eigenvalue weighted by atomic mass is 9.90. The van der Waals surface area contributed by atoms with Crippen LogP contribution < -0.4 is 0 Å². The van der Waals surface area contributed by atoms with Crippen LogP contribution in [-0.2, 0) is 0 Å². The fourth-order valence-electron chi connectivity index (χ4n) is 1.27. The summed E-state index contributed by atoms with van der Waals surface area (Å²) in [6, 6.07) is 0. The second-order valence-electron chi connectivity index (χ2n) is 2.91. The first-order valence-electron chi connectivity index (χ1n) is 3.51. The van der Waals surface area contributed by atoms with Gasteiger partial charge in [-0.1, -0.05) is 19.8 Å². The van der Waals surface area contributed by atoms with Gasteiger partial charge in [0.25, 0.3) is 0 Å². The molecule has 0 aromatic heterocycles. The molecule has 0 heterocycles. The molecule has 1 rings (SSSR count). The summed E-state index contributed by atoms with van der Waals surface area (Å²) in [5, 5.41) is 0. The molecule has 0 N–H and O–H groups in total. The highest BCUT2D eigenvalue weighted by atomic mass is 35.5. The summed E-state index contributed by atoms with van der Waals surface area (Å²) in [6.45, 7) is 2.12. The van der Waals surface area contributed by atoms with Gasteiger partial charge in [-0.15, -0.1) is 23.2 Å². The fourth-order valence-corrected chi connectivity index (χ4v) is 1.75. The first-order chi connectivity index (χ1) is 4.13. The highest BCUT2D eigenvalue weighted by molar-refractivity contribution is 6.48. The van der Waals surface area contributed by atoms with Gasteiger partial charge in [-0.25, -0.2) is 0 Å². The van der Waals surface area contributed by atoms with E-state index in [1.807, 2.05) is 0 Å². The highest BCUT2D eigenvalue weighted by Crippen LogP contribution is 2.41. The maximum atomic E-state index is 5.99. The van der Waals surface area contributed by atoms with Gasteiger partial charge in [-0.2, -0.15) is 0 Å². The van der Waals surface area contributed by atoms with E-state index in [1.54, 1.807) is 0 Å². The molecular weight excluding hydrogens is 155 g/mol. The molecule has 1 unspecified atom stereocenters. The summed E-state index contributed by atoms with van der Waals surface area (Å²) in [7, 11) is 0. The maximum absolute atomic E-state index is 5.99. The zero-order valence-electron chi connectivity index (χ0n) is 5.66. The Morgan fingerprint density at radius 2 is 2.00 bits per heavy atom. The molecule has 2 heteroatoms. The van der Waals surface area contributed by atoms with E-state index in [9.17, 15) is 0 Å². The molecule has 0 saturated heterocycles. The Kier molecular flexibility index (Phi) is 2.28. The SMILES string of the molecule is CC1CCCCC1(Cl)Cl. The molecular formula is C7H12Cl2. The molecule has 0 aromatic carbocycles. The van der Waals surface area contributed by atoms with Crippen LogP contribution in [0.3, 0.4) is 0 Å². The van der Waals surface area contributed by atoms with Gasteiger partial charge in [0, 0.05) is 0 Å². The molecule has 0 aliphatic heterocycles. The minimum atomic E-state index is -0.418. The van der Waals surface area contributed by atoms with Gasteiger partial charge < -0.3 is 0 Å². The predicted molar refractivity (Wildman–Crippen MR) is 42.1 cm³/mol. The number of hydrogen-bond donors (Lipinski definition) is 0. The van der Waals surface area contributed by atoms with Crippen LogP contribution in [-0.4, -0.2) is 4.33 Å². The lowest BCUT2D eigenvalue weighted by Gasteiger charge is -2.31. The number of rotatable bonds is 0. The molecule has 1 fully saturated rings. The molecule has 0 radical (unpaired) electrons. The zero-order chi connectivity index (χ0) is 6.91. The smallest absolute Gasteiger partial charge is 0.101 e. The number of halogens is 2. The van der Waals surface area contributed by atoms with Crippen molar-refractivity contribution in [1.82, 2.24) is 0 Å². The van der Waals surface area contributed by atoms with Crippen LogP contribution in [0.4, 0.5) is 0 Å². The molecule has 0 spiro atoms. The van der Waals surface area contributed by atoms with Crippen molar-refractivity contribution < 1.29 is 0 Å². The summed E-state index contributed by atoms with van der Waals surface area (Å²) < 4.78 is -0.418. The van der Waals surface area contributed by atoms with E-state index in [0.717, 1.165) is 6.42 Å². The van der Waals surface area contributed by atoms with Gasteiger partial charge in [0.1, 0.15) is 4.33 Å². The lowest BCUT2D eigenvalue weighted by Crippen LogP contribution is -2.26. The number of hydrogen-bond acceptors (Lipinski definition) is 0. The summed E-state index contributed by atoms with van der Waals surface area (Å²) in [5.74, 6) is 0.481. The largest absolute Gasteiger partial charge is 0.120 e. The van der Waals surface area contributed by atoms with Crippen molar-refractivity contribution in [2.75, 3.05) is 0 Å². The van der Waals surface area contributed by atoms with Gasteiger partial charge >= 0.3 is 0 Å². The zero-order valence-corrected chi connectivity index (χ0v) is 7.17. The minimum Gasteiger partial charge on any atom is -0.101 e. The van der Waals surface area contributed by atoms with Crippen molar-refractivity contribution in [1.29, 1.82) is 0 Å². The Morgan fingerprint density at radius 3 is 2.33 bits per heavy atom. The molecule has 0 amide bonds. The Balaban J connectivity index is 2.49. The Morgan fingerprint density at radius 1 is 1.33 bits per heavy atom. The van der Waals surface area contributed by atoms with Crippen LogP contribution in [0.5, 0.6) is 0 Å². The molecule has 0 aromatic rings. The normalized spacial score (nSPS) is 34.3. The van der Waals surface area contributed by atoms with Crippen molar-refractivity contribution >= 4 is 23.2 Å². The first-order valence-corrected chi connectivity index (χ1v) is 4.26. The van der Waals surface area contributed by atoms with Crippen LogP contribution in [0.15, 0.2) is 0 Å². The monoisotopic (exact) mass is 166 g/mol. The summed E-state index contributed by atoms with van der Waals surface area (Å²) >= 11 is 12.0. The third kappa shape index (κ3) is 1.75. The maximum Gasteiger partial charge on any atom is 0.120 e. The van der Waals surface area contributed by atoms with E-state index in [4.69, 9.17) is 23.2 Å². The summed E-state index contributed by atoms with van der Waals surface area (Å²) in [4.78, 5) is 0. The van der Waals surface area contributed by atoms with Crippen molar-refractivity contribution in [2.24, 2.45) is 5.92 Å². The van der Waals surface area contributed by atoms with E-state index in [0.29, 0.717) is 5.92 Å². The predicted octanol–water partition coefficient (Wildman–Crippen LogP) is 3.37. The van der Waals surface area contributed by atoms with Gasteiger partial charge in [-0.05, 0) is 18.8 Å². The van der Waals surface area contributed by atoms with Gasteiger partial charge in [0.05, 0.1) is 0 Å². The van der Waals surface area contributed by atoms with Gasteiger partial charge in [0.15, 0.2) is 0 Å². The first kappa shape index (κ1) is 7.68. The van der Waals surface area contributed by atoms with Crippen molar-refractivity contribution in [3.8, 4) is 0 Å². The van der Waals surface area contributed by atoms with Crippen LogP contribution in [0, 0.1) is 5.92 Å². The molecule has 9 heavy (non-hydrogen) atoms. The summed E-state index contributed by atoms with van der Waals surface area (Å²) in [6.07, 6.45) is 4.64. The van der Waals surface area contributed by atoms with Crippen molar-refractivity contribution in [2.45, 2.75) is 36.9 Å². The molecule has 0 nitrogen and oxygen atoms in total. The highest BCUT2D eigenvalue weighted by Gasteiger charge is 2.33. The van der Waals surface area contributed by atoms with E-state index < -0.39 is 4.33 Å². The molecule has 54 valence electrons. The van der Waals surface area contributed by atoms with E-state index in [1.165, 1.54) is 19.3 Å². The van der Waals surface area contributed by atoms with Crippen molar-refractivity contribution in [3.63, 3.8) is 0 Å². The topological polar surface area (TPSA) is 0 Å². The lowest BCUT2D eigenvalue weighted by molar-refractivity contribution is 0.361. The number of alkyl halides is 2. The van der Waals surface area contributed by atoms with E-state index >= 15 is 0 Å². The standard InChI is InChI=1S/C7H12Cl2/c1-6-4-2-3-5-7(6,8)9/h6H,2-5H2,1H3. The Labute approximate surface area is 66.5 Å². The van der Waals surface area contributed by atoms with Crippen LogP contribution >= 0.6 is 23.2 Å². The van der Waals surface area contributed by atoms with Crippen LogP contribution in [0.25, 0.3) is 0 Å². The van der Waals surface area contributed by atoms with Crippen LogP contribution in [0.1, 0.15) is 32.6 Å². The molecule has 1 saturated carbocycles. The van der Waals surface area contributed by atoms with Crippen molar-refractivity contribution in [3.05, 3.63) is 0 Å². The van der Waals surface area contributed by atoms with E-state index in [-0.39, 0.29) is 0 Å². The van der Waals surface area contributed by atoms with Crippen LogP contribution in [0.2, 0.25) is 0 Å². The third-order valence-electron chi connectivity index (χ3n) is 2.12. The van der Waals surface area contributed by atoms with Gasteiger partial charge in [0.2, 0.25) is 0 Å². The molecule has 1 atom stereocenters. The van der Waals surface area contributed by atoms with Gasteiger partial charge in [-0.3, -0.25) is 0 Å². The minimum absolute atomic E-state index is 0.418. The Bertz CT molecular complexity index is 99.1. The molecule has 1 aliphatic rings. The van der Waals surface area contributed by atoms with E-state index in [2.05, 4.69) is 6.92 Å². The second-order valence-corrected chi connectivity index (χ2v) is 4.45. The quantitative estimate of drug-likeness (QED) is 0.485. The average Bonchev–Trinajstić information content (AvgIpc) is 1.77. The third-order valence-corrected chi connectivity index (χ3v) is 3.24. The average molecular weight is 167 g/mol. The molecule has 1 aliphatic carbocycles. The second kappa shape index (κ2) is 2.67. The molecule has 0 bridgehead atoms. The Hall–Kier alpha value is 0.580. The summed E-state index contributed by atoms with van der Waals surface area (Å²) in [5.41, 5.74) is 0. The fraction of sp³-hybridized carbons (Fsp3) is 1.00.